The van der Waals surface area contributed by atoms with E-state index in [-0.39, 0.29) is 5.92 Å². The topological polar surface area (TPSA) is 32.8 Å². The van der Waals surface area contributed by atoms with Crippen LogP contribution in [-0.4, -0.2) is 61.6 Å². The van der Waals surface area contributed by atoms with Gasteiger partial charge in [-0.3, -0.25) is 9.69 Å². The van der Waals surface area contributed by atoms with Crippen LogP contribution in [0.2, 0.25) is 0 Å². The van der Waals surface area contributed by atoms with Crippen molar-refractivity contribution < 1.29 is 9.53 Å². The minimum atomic E-state index is 0.226. The number of hydrogen-bond acceptors (Lipinski definition) is 3. The number of hydrogen-bond donors (Lipinski definition) is 0. The Kier molecular flexibility index (Phi) is 5.09. The maximum Gasteiger partial charge on any atom is 0.226 e. The van der Waals surface area contributed by atoms with Gasteiger partial charge < -0.3 is 9.64 Å². The maximum absolute atomic E-state index is 13.0. The summed E-state index contributed by atoms with van der Waals surface area (Å²) in [4.78, 5) is 17.6. The molecule has 1 saturated carbocycles. The highest BCUT2D eigenvalue weighted by atomic mass is 16.5. The van der Waals surface area contributed by atoms with Gasteiger partial charge in [-0.1, -0.05) is 29.8 Å². The standard InChI is InChI=1S/C21H30N2O2/c1-16-4-2-6-18(12-16)19-13-20(19)21(24)23-7-3-5-17(15-23)14-22-8-10-25-11-9-22/h2,4,6,12,17,19-20H,3,5,7-11,13-15H2,1H3/t17-,19-,20-/m0/s1. The van der Waals surface area contributed by atoms with Crippen molar-refractivity contribution in [2.75, 3.05) is 45.9 Å². The summed E-state index contributed by atoms with van der Waals surface area (Å²) in [6.07, 6.45) is 3.45. The van der Waals surface area contributed by atoms with Crippen LogP contribution in [0.3, 0.4) is 0 Å². The van der Waals surface area contributed by atoms with Crippen molar-refractivity contribution in [3.8, 4) is 0 Å². The Morgan fingerprint density at radius 3 is 2.88 bits per heavy atom. The Bertz CT molecular complexity index is 612. The van der Waals surface area contributed by atoms with Crippen molar-refractivity contribution in [2.45, 2.75) is 32.1 Å². The Morgan fingerprint density at radius 2 is 2.08 bits per heavy atom. The van der Waals surface area contributed by atoms with E-state index in [4.69, 9.17) is 4.74 Å². The molecule has 1 amide bonds. The van der Waals surface area contributed by atoms with E-state index in [1.54, 1.807) is 0 Å². The first-order chi connectivity index (χ1) is 12.2. The summed E-state index contributed by atoms with van der Waals surface area (Å²) in [5.74, 6) is 1.71. The molecule has 0 spiro atoms. The van der Waals surface area contributed by atoms with Gasteiger partial charge in [0.2, 0.25) is 5.91 Å². The van der Waals surface area contributed by atoms with E-state index in [1.165, 1.54) is 17.5 Å². The molecule has 0 bridgehead atoms. The zero-order valence-electron chi connectivity index (χ0n) is 15.3. The number of likely N-dealkylation sites (tertiary alicyclic amines) is 1. The first-order valence-corrected chi connectivity index (χ1v) is 9.86. The Balaban J connectivity index is 1.31. The van der Waals surface area contributed by atoms with E-state index in [9.17, 15) is 4.79 Å². The molecule has 3 atom stereocenters. The van der Waals surface area contributed by atoms with Crippen molar-refractivity contribution >= 4 is 5.91 Å². The summed E-state index contributed by atoms with van der Waals surface area (Å²) in [5.41, 5.74) is 2.64. The predicted octanol–water partition coefficient (Wildman–Crippen LogP) is 2.67. The van der Waals surface area contributed by atoms with Crippen LogP contribution < -0.4 is 0 Å². The molecule has 136 valence electrons. The molecule has 1 aromatic rings. The van der Waals surface area contributed by atoms with E-state index >= 15 is 0 Å². The monoisotopic (exact) mass is 342 g/mol. The lowest BCUT2D eigenvalue weighted by atomic mass is 9.96. The second-order valence-electron chi connectivity index (χ2n) is 8.07. The minimum Gasteiger partial charge on any atom is -0.379 e. The second kappa shape index (κ2) is 7.46. The molecule has 0 radical (unpaired) electrons. The summed E-state index contributed by atoms with van der Waals surface area (Å²) in [7, 11) is 0. The van der Waals surface area contributed by atoms with Crippen molar-refractivity contribution in [1.29, 1.82) is 0 Å². The molecule has 1 aliphatic carbocycles. The lowest BCUT2D eigenvalue weighted by Crippen LogP contribution is -2.46. The Morgan fingerprint density at radius 1 is 1.24 bits per heavy atom. The fourth-order valence-corrected chi connectivity index (χ4v) is 4.53. The zero-order chi connectivity index (χ0) is 17.2. The first-order valence-electron chi connectivity index (χ1n) is 9.86. The van der Waals surface area contributed by atoms with Gasteiger partial charge >= 0.3 is 0 Å². The van der Waals surface area contributed by atoms with Gasteiger partial charge in [0.15, 0.2) is 0 Å². The second-order valence-corrected chi connectivity index (χ2v) is 8.07. The highest BCUT2D eigenvalue weighted by Gasteiger charge is 2.46. The average Bonchev–Trinajstić information content (AvgIpc) is 3.43. The number of aryl methyl sites for hydroxylation is 1. The molecule has 0 aromatic heterocycles. The van der Waals surface area contributed by atoms with Gasteiger partial charge in [-0.25, -0.2) is 0 Å². The molecular formula is C21H30N2O2. The molecule has 2 heterocycles. The van der Waals surface area contributed by atoms with Gasteiger partial charge in [-0.2, -0.15) is 0 Å². The van der Waals surface area contributed by atoms with Crippen molar-refractivity contribution in [3.05, 3.63) is 35.4 Å². The molecule has 2 saturated heterocycles. The Hall–Kier alpha value is -1.39. The summed E-state index contributed by atoms with van der Waals surface area (Å²) < 4.78 is 5.44. The normalized spacial score (nSPS) is 30.3. The lowest BCUT2D eigenvalue weighted by molar-refractivity contribution is -0.134. The number of piperidine rings is 1. The third-order valence-corrected chi connectivity index (χ3v) is 6.03. The van der Waals surface area contributed by atoms with Crippen LogP contribution in [0.25, 0.3) is 0 Å². The molecule has 4 rings (SSSR count). The van der Waals surface area contributed by atoms with Gasteiger partial charge in [0.05, 0.1) is 13.2 Å². The number of ether oxygens (including phenoxy) is 1. The summed E-state index contributed by atoms with van der Waals surface area (Å²) in [6, 6.07) is 8.67. The van der Waals surface area contributed by atoms with Gasteiger partial charge in [0.25, 0.3) is 0 Å². The largest absolute Gasteiger partial charge is 0.379 e. The fourth-order valence-electron chi connectivity index (χ4n) is 4.53. The molecular weight excluding hydrogens is 312 g/mol. The van der Waals surface area contributed by atoms with Crippen LogP contribution in [0, 0.1) is 18.8 Å². The molecule has 0 unspecified atom stereocenters. The molecule has 3 fully saturated rings. The van der Waals surface area contributed by atoms with E-state index in [0.717, 1.165) is 58.8 Å². The van der Waals surface area contributed by atoms with Gasteiger partial charge in [-0.05, 0) is 43.6 Å². The molecule has 2 aliphatic heterocycles. The van der Waals surface area contributed by atoms with Crippen LogP contribution in [0.5, 0.6) is 0 Å². The van der Waals surface area contributed by atoms with E-state index in [0.29, 0.717) is 17.7 Å². The Labute approximate surface area is 151 Å². The number of carbonyl (C=O) groups is 1. The average molecular weight is 342 g/mol. The third kappa shape index (κ3) is 4.06. The smallest absolute Gasteiger partial charge is 0.226 e. The maximum atomic E-state index is 13.0. The molecule has 4 heteroatoms. The van der Waals surface area contributed by atoms with E-state index in [2.05, 4.69) is 41.0 Å². The van der Waals surface area contributed by atoms with Crippen LogP contribution in [0.1, 0.15) is 36.3 Å². The van der Waals surface area contributed by atoms with Crippen LogP contribution in [-0.2, 0) is 9.53 Å². The first kappa shape index (κ1) is 17.0. The van der Waals surface area contributed by atoms with Crippen molar-refractivity contribution in [1.82, 2.24) is 9.80 Å². The van der Waals surface area contributed by atoms with E-state index in [1.807, 2.05) is 0 Å². The summed E-state index contributed by atoms with van der Waals surface area (Å²) >= 11 is 0. The highest BCUT2D eigenvalue weighted by molar-refractivity contribution is 5.83. The molecule has 25 heavy (non-hydrogen) atoms. The third-order valence-electron chi connectivity index (χ3n) is 6.03. The number of amides is 1. The van der Waals surface area contributed by atoms with Gasteiger partial charge in [0, 0.05) is 38.6 Å². The van der Waals surface area contributed by atoms with Crippen molar-refractivity contribution in [3.63, 3.8) is 0 Å². The molecule has 4 nitrogen and oxygen atoms in total. The molecule has 0 N–H and O–H groups in total. The van der Waals surface area contributed by atoms with Crippen LogP contribution >= 0.6 is 0 Å². The zero-order valence-corrected chi connectivity index (χ0v) is 15.3. The quantitative estimate of drug-likeness (QED) is 0.843. The summed E-state index contributed by atoms with van der Waals surface area (Å²) in [6.45, 7) is 8.96. The number of rotatable bonds is 4. The molecule has 1 aromatic carbocycles. The summed E-state index contributed by atoms with van der Waals surface area (Å²) in [5, 5.41) is 0. The number of morpholine rings is 1. The number of benzene rings is 1. The van der Waals surface area contributed by atoms with Crippen molar-refractivity contribution in [2.24, 2.45) is 11.8 Å². The molecule has 3 aliphatic rings. The van der Waals surface area contributed by atoms with Crippen LogP contribution in [0.4, 0.5) is 0 Å². The lowest BCUT2D eigenvalue weighted by Gasteiger charge is -2.37. The van der Waals surface area contributed by atoms with Gasteiger partial charge in [0.1, 0.15) is 0 Å². The SMILES string of the molecule is Cc1cccc([C@@H]2C[C@@H]2C(=O)N2CCC[C@@H](CN3CCOCC3)C2)c1. The van der Waals surface area contributed by atoms with E-state index < -0.39 is 0 Å². The van der Waals surface area contributed by atoms with Crippen LogP contribution in [0.15, 0.2) is 24.3 Å². The van der Waals surface area contributed by atoms with Gasteiger partial charge in [-0.15, -0.1) is 0 Å². The predicted molar refractivity (Wildman–Crippen MR) is 98.6 cm³/mol. The number of nitrogens with zero attached hydrogens (tertiary/aromatic N) is 2. The fraction of sp³-hybridized carbons (Fsp3) is 0.667. The minimum absolute atomic E-state index is 0.226. The highest BCUT2D eigenvalue weighted by Crippen LogP contribution is 2.48. The number of carbonyl (C=O) groups excluding carboxylic acids is 1.